The molecule has 1 atom stereocenters. The molecule has 0 aliphatic heterocycles. The van der Waals surface area contributed by atoms with Crippen LogP contribution in [-0.2, 0) is 10.0 Å². The molecule has 148 valence electrons. The summed E-state index contributed by atoms with van der Waals surface area (Å²) in [6.07, 6.45) is 0. The zero-order valence-corrected chi connectivity index (χ0v) is 17.7. The zero-order chi connectivity index (χ0) is 20.2. The van der Waals surface area contributed by atoms with Crippen LogP contribution in [0.1, 0.15) is 22.0 Å². The van der Waals surface area contributed by atoms with Gasteiger partial charge < -0.3 is 15.0 Å². The minimum Gasteiger partial charge on any atom is -0.495 e. The summed E-state index contributed by atoms with van der Waals surface area (Å²) in [5, 5.41) is 6.93. The maximum atomic E-state index is 12.6. The van der Waals surface area contributed by atoms with E-state index in [-0.39, 0.29) is 28.2 Å². The van der Waals surface area contributed by atoms with E-state index in [1.165, 1.54) is 33.3 Å². The number of rotatable bonds is 8. The van der Waals surface area contributed by atoms with Gasteiger partial charge in [-0.05, 0) is 54.7 Å². The molecule has 1 aromatic carbocycles. The fourth-order valence-electron chi connectivity index (χ4n) is 2.57. The molecule has 27 heavy (non-hydrogen) atoms. The lowest BCUT2D eigenvalue weighted by Gasteiger charge is -2.24. The van der Waals surface area contributed by atoms with E-state index in [2.05, 4.69) is 5.32 Å². The van der Waals surface area contributed by atoms with Crippen LogP contribution in [0.5, 0.6) is 5.75 Å². The first-order valence-electron chi connectivity index (χ1n) is 8.25. The van der Waals surface area contributed by atoms with Gasteiger partial charge in [-0.2, -0.15) is 11.3 Å². The van der Waals surface area contributed by atoms with Gasteiger partial charge in [0.15, 0.2) is 0 Å². The van der Waals surface area contributed by atoms with Gasteiger partial charge in [-0.15, -0.1) is 0 Å². The number of nitrogens with zero attached hydrogens (tertiary/aromatic N) is 2. The molecule has 0 saturated carbocycles. The summed E-state index contributed by atoms with van der Waals surface area (Å²) in [6, 6.07) is 6.45. The summed E-state index contributed by atoms with van der Waals surface area (Å²) < 4.78 is 31.3. The van der Waals surface area contributed by atoms with Crippen molar-refractivity contribution >= 4 is 27.3 Å². The number of benzene rings is 1. The average Bonchev–Trinajstić information content (AvgIpc) is 3.14. The number of hydrogen-bond donors (Lipinski definition) is 1. The van der Waals surface area contributed by atoms with Crippen LogP contribution in [0, 0.1) is 0 Å². The van der Waals surface area contributed by atoms with Crippen molar-refractivity contribution in [3.05, 3.63) is 46.2 Å². The third-order valence-electron chi connectivity index (χ3n) is 4.19. The lowest BCUT2D eigenvalue weighted by atomic mass is 10.1. The smallest absolute Gasteiger partial charge is 0.251 e. The largest absolute Gasteiger partial charge is 0.495 e. The van der Waals surface area contributed by atoms with Crippen molar-refractivity contribution < 1.29 is 17.9 Å². The summed E-state index contributed by atoms with van der Waals surface area (Å²) in [6.45, 7) is 0.407. The highest BCUT2D eigenvalue weighted by atomic mass is 32.2. The quantitative estimate of drug-likeness (QED) is 0.719. The molecular formula is C18H25N3O4S2. The molecule has 1 unspecified atom stereocenters. The number of hydrogen-bond acceptors (Lipinski definition) is 6. The Labute approximate surface area is 164 Å². The number of carbonyl (C=O) groups excluding carboxylic acids is 1. The lowest BCUT2D eigenvalue weighted by molar-refractivity contribution is 0.0941. The molecule has 0 fully saturated rings. The van der Waals surface area contributed by atoms with E-state index in [4.69, 9.17) is 4.74 Å². The molecule has 0 spiro atoms. The fraction of sp³-hybridized carbons (Fsp3) is 0.389. The number of amides is 1. The predicted molar refractivity (Wildman–Crippen MR) is 107 cm³/mol. The molecule has 2 aromatic rings. The molecule has 1 heterocycles. The SMILES string of the molecule is COc1ccc(C(=O)NCC(c2ccsc2)N(C)C)cc1S(=O)(=O)N(C)C. The van der Waals surface area contributed by atoms with Crippen molar-refractivity contribution in [1.82, 2.24) is 14.5 Å². The molecule has 0 radical (unpaired) electrons. The Morgan fingerprint density at radius 1 is 1.22 bits per heavy atom. The predicted octanol–water partition coefficient (Wildman–Crippen LogP) is 2.04. The Morgan fingerprint density at radius 2 is 1.93 bits per heavy atom. The minimum atomic E-state index is -3.73. The molecular weight excluding hydrogens is 386 g/mol. The van der Waals surface area contributed by atoms with Gasteiger partial charge in [0.2, 0.25) is 10.0 Å². The van der Waals surface area contributed by atoms with Crippen LogP contribution in [-0.4, -0.2) is 65.4 Å². The number of thiophene rings is 1. The summed E-state index contributed by atoms with van der Waals surface area (Å²) in [5.74, 6) is -0.139. The van der Waals surface area contributed by atoms with Crippen LogP contribution < -0.4 is 10.1 Å². The lowest BCUT2D eigenvalue weighted by Crippen LogP contribution is -2.34. The second-order valence-electron chi connectivity index (χ2n) is 6.40. The summed E-state index contributed by atoms with van der Waals surface area (Å²) in [7, 11) is 4.43. The van der Waals surface area contributed by atoms with Crippen LogP contribution in [0.4, 0.5) is 0 Å². The molecule has 7 nitrogen and oxygen atoms in total. The number of ether oxygens (including phenoxy) is 1. The van der Waals surface area contributed by atoms with Gasteiger partial charge in [0, 0.05) is 26.2 Å². The number of likely N-dealkylation sites (N-methyl/N-ethyl adjacent to an activating group) is 1. The topological polar surface area (TPSA) is 79.0 Å². The third-order valence-corrected chi connectivity index (χ3v) is 6.73. The standard InChI is InChI=1S/C18H25N3O4S2/c1-20(2)15(14-8-9-26-12-14)11-19-18(22)13-6-7-16(25-5)17(10-13)27(23,24)21(3)4/h6-10,12,15H,11H2,1-5H3,(H,19,22). The van der Waals surface area contributed by atoms with Crippen LogP contribution >= 0.6 is 11.3 Å². The second kappa shape index (κ2) is 8.83. The van der Waals surface area contributed by atoms with E-state index in [0.717, 1.165) is 9.87 Å². The molecule has 1 aromatic heterocycles. The Morgan fingerprint density at radius 3 is 2.44 bits per heavy atom. The highest BCUT2D eigenvalue weighted by molar-refractivity contribution is 7.89. The first-order chi connectivity index (χ1) is 12.7. The third kappa shape index (κ3) is 4.86. The Balaban J connectivity index is 2.24. The van der Waals surface area contributed by atoms with Crippen LogP contribution in [0.3, 0.4) is 0 Å². The van der Waals surface area contributed by atoms with Crippen LogP contribution in [0.25, 0.3) is 0 Å². The summed E-state index contributed by atoms with van der Waals surface area (Å²) in [4.78, 5) is 14.6. The minimum absolute atomic E-state index is 0.0310. The first-order valence-corrected chi connectivity index (χ1v) is 10.6. The van der Waals surface area contributed by atoms with Crippen molar-refractivity contribution in [2.75, 3.05) is 41.8 Å². The van der Waals surface area contributed by atoms with Crippen molar-refractivity contribution in [1.29, 1.82) is 0 Å². The van der Waals surface area contributed by atoms with E-state index < -0.39 is 10.0 Å². The molecule has 1 N–H and O–H groups in total. The van der Waals surface area contributed by atoms with Gasteiger partial charge in [0.25, 0.3) is 5.91 Å². The van der Waals surface area contributed by atoms with Crippen molar-refractivity contribution in [2.24, 2.45) is 0 Å². The van der Waals surface area contributed by atoms with Crippen LogP contribution in [0.2, 0.25) is 0 Å². The molecule has 0 aliphatic rings. The zero-order valence-electron chi connectivity index (χ0n) is 16.1. The maximum absolute atomic E-state index is 12.6. The van der Waals surface area contributed by atoms with Gasteiger partial charge in [-0.25, -0.2) is 12.7 Å². The Kier molecular flexibility index (Phi) is 6.99. The molecule has 9 heteroatoms. The summed E-state index contributed by atoms with van der Waals surface area (Å²) >= 11 is 1.60. The number of sulfonamides is 1. The van der Waals surface area contributed by atoms with E-state index in [1.807, 2.05) is 35.8 Å². The highest BCUT2D eigenvalue weighted by Crippen LogP contribution is 2.27. The van der Waals surface area contributed by atoms with Gasteiger partial charge in [-0.1, -0.05) is 0 Å². The second-order valence-corrected chi connectivity index (χ2v) is 9.30. The Bertz CT molecular complexity index is 878. The van der Waals surface area contributed by atoms with Crippen LogP contribution in [0.15, 0.2) is 39.9 Å². The molecule has 2 rings (SSSR count). The van der Waals surface area contributed by atoms with E-state index in [9.17, 15) is 13.2 Å². The van der Waals surface area contributed by atoms with Gasteiger partial charge >= 0.3 is 0 Å². The van der Waals surface area contributed by atoms with Gasteiger partial charge in [0.1, 0.15) is 10.6 Å². The number of nitrogens with one attached hydrogen (secondary N) is 1. The maximum Gasteiger partial charge on any atom is 0.251 e. The molecule has 0 bridgehead atoms. The van der Waals surface area contributed by atoms with Crippen molar-refractivity contribution in [2.45, 2.75) is 10.9 Å². The number of carbonyl (C=O) groups is 1. The normalized spacial score (nSPS) is 13.0. The van der Waals surface area contributed by atoms with Gasteiger partial charge in [0.05, 0.1) is 13.2 Å². The monoisotopic (exact) mass is 411 g/mol. The van der Waals surface area contributed by atoms with Gasteiger partial charge in [-0.3, -0.25) is 4.79 Å². The molecule has 1 amide bonds. The number of methoxy groups -OCH3 is 1. The van der Waals surface area contributed by atoms with Crippen molar-refractivity contribution in [3.63, 3.8) is 0 Å². The fourth-order valence-corrected chi connectivity index (χ4v) is 4.35. The van der Waals surface area contributed by atoms with E-state index in [0.29, 0.717) is 6.54 Å². The van der Waals surface area contributed by atoms with E-state index >= 15 is 0 Å². The average molecular weight is 412 g/mol. The summed E-state index contributed by atoms with van der Waals surface area (Å²) in [5.41, 5.74) is 1.38. The van der Waals surface area contributed by atoms with Crippen molar-refractivity contribution in [3.8, 4) is 5.75 Å². The highest BCUT2D eigenvalue weighted by Gasteiger charge is 2.24. The van der Waals surface area contributed by atoms with E-state index in [1.54, 1.807) is 17.4 Å². The molecule has 0 saturated heterocycles. The molecule has 0 aliphatic carbocycles. The first kappa shape index (κ1) is 21.4. The Hall–Kier alpha value is -1.94.